The molecule has 170 valence electrons. The third kappa shape index (κ3) is 4.82. The average molecular weight is 478 g/mol. The Labute approximate surface area is 186 Å². The van der Waals surface area contributed by atoms with Gasteiger partial charge >= 0.3 is 0 Å². The minimum absolute atomic E-state index is 0.0370. The van der Waals surface area contributed by atoms with E-state index in [0.717, 1.165) is 9.87 Å². The minimum atomic E-state index is -3.92. The molecule has 0 saturated heterocycles. The number of carbonyl (C=O) groups excluding carboxylic acids is 1. The van der Waals surface area contributed by atoms with Crippen LogP contribution in [0.3, 0.4) is 0 Å². The molecule has 0 unspecified atom stereocenters. The number of aromatic nitrogens is 2. The molecule has 0 atom stereocenters. The van der Waals surface area contributed by atoms with Crippen molar-refractivity contribution >= 4 is 31.8 Å². The minimum Gasteiger partial charge on any atom is -0.348 e. The Balaban J connectivity index is 1.81. The second-order valence-electron chi connectivity index (χ2n) is 7.16. The van der Waals surface area contributed by atoms with Crippen molar-refractivity contribution in [1.82, 2.24) is 15.1 Å². The fourth-order valence-electron chi connectivity index (χ4n) is 3.02. The summed E-state index contributed by atoms with van der Waals surface area (Å²) >= 11 is 0. The fraction of sp³-hybridized carbons (Fsp3) is 0.200. The van der Waals surface area contributed by atoms with Gasteiger partial charge in [0, 0.05) is 20.6 Å². The largest absolute Gasteiger partial charge is 0.348 e. The zero-order valence-corrected chi connectivity index (χ0v) is 19.3. The van der Waals surface area contributed by atoms with Gasteiger partial charge in [0.2, 0.25) is 10.0 Å². The maximum atomic E-state index is 13.1. The van der Waals surface area contributed by atoms with Crippen molar-refractivity contribution in [2.45, 2.75) is 23.3 Å². The Hall–Kier alpha value is -3.22. The van der Waals surface area contributed by atoms with Crippen LogP contribution < -0.4 is 14.8 Å². The Morgan fingerprint density at radius 1 is 1.03 bits per heavy atom. The summed E-state index contributed by atoms with van der Waals surface area (Å²) < 4.78 is 51.1. The van der Waals surface area contributed by atoms with E-state index in [-0.39, 0.29) is 27.7 Å². The van der Waals surface area contributed by atoms with Crippen molar-refractivity contribution in [2.75, 3.05) is 11.4 Å². The van der Waals surface area contributed by atoms with E-state index in [2.05, 4.69) is 10.4 Å². The molecule has 0 aliphatic carbocycles. The molecule has 3 rings (SSSR count). The van der Waals surface area contributed by atoms with Crippen molar-refractivity contribution in [3.63, 3.8) is 0 Å². The third-order valence-electron chi connectivity index (χ3n) is 4.83. The fourth-order valence-corrected chi connectivity index (χ4v) is 4.78. The van der Waals surface area contributed by atoms with Gasteiger partial charge in [0.25, 0.3) is 15.9 Å². The number of aryl methyl sites for hydroxylation is 2. The Bertz CT molecular complexity index is 1350. The van der Waals surface area contributed by atoms with Gasteiger partial charge in [-0.2, -0.15) is 5.10 Å². The van der Waals surface area contributed by atoms with E-state index in [1.165, 1.54) is 54.3 Å². The number of amides is 1. The molecule has 10 nitrogen and oxygen atoms in total. The second kappa shape index (κ2) is 8.73. The van der Waals surface area contributed by atoms with Gasteiger partial charge in [-0.15, -0.1) is 0 Å². The predicted molar refractivity (Wildman–Crippen MR) is 119 cm³/mol. The highest BCUT2D eigenvalue weighted by atomic mass is 32.2. The summed E-state index contributed by atoms with van der Waals surface area (Å²) in [5, 5.41) is 11.8. The van der Waals surface area contributed by atoms with Crippen molar-refractivity contribution < 1.29 is 21.6 Å². The number of nitrogens with zero attached hydrogens (tertiary/aromatic N) is 3. The van der Waals surface area contributed by atoms with Crippen LogP contribution in [0, 0.1) is 6.92 Å². The SMILES string of the molecule is Cc1ccc(S(=O)(=O)N(C)c2c(C(=O)NCc3ccc(S(N)(=O)=O)cc3)cnn2C)cc1. The molecule has 1 aromatic heterocycles. The van der Waals surface area contributed by atoms with Crippen molar-refractivity contribution in [3.05, 3.63) is 71.4 Å². The van der Waals surface area contributed by atoms with Gasteiger partial charge in [0.05, 0.1) is 16.0 Å². The number of nitrogens with one attached hydrogen (secondary N) is 1. The van der Waals surface area contributed by atoms with Crippen LogP contribution in [0.25, 0.3) is 0 Å². The summed E-state index contributed by atoms with van der Waals surface area (Å²) in [5.74, 6) is -0.428. The highest BCUT2D eigenvalue weighted by Gasteiger charge is 2.28. The molecule has 0 aliphatic heterocycles. The van der Waals surface area contributed by atoms with Gasteiger partial charge in [-0.25, -0.2) is 22.0 Å². The molecule has 0 aliphatic rings. The zero-order chi connectivity index (χ0) is 23.7. The van der Waals surface area contributed by atoms with Crippen LogP contribution in [0.5, 0.6) is 0 Å². The van der Waals surface area contributed by atoms with Crippen LogP contribution in [-0.2, 0) is 33.6 Å². The summed E-state index contributed by atoms with van der Waals surface area (Å²) in [6.45, 7) is 1.94. The second-order valence-corrected chi connectivity index (χ2v) is 10.7. The van der Waals surface area contributed by atoms with E-state index in [1.54, 1.807) is 19.2 Å². The van der Waals surface area contributed by atoms with Crippen LogP contribution in [0.2, 0.25) is 0 Å². The maximum Gasteiger partial charge on any atom is 0.265 e. The molecule has 12 heteroatoms. The van der Waals surface area contributed by atoms with Crippen molar-refractivity contribution in [3.8, 4) is 0 Å². The molecular formula is C20H23N5O5S2. The lowest BCUT2D eigenvalue weighted by molar-refractivity contribution is 0.0951. The van der Waals surface area contributed by atoms with Gasteiger partial charge in [-0.1, -0.05) is 29.8 Å². The molecule has 0 fully saturated rings. The molecule has 2 aromatic carbocycles. The monoisotopic (exact) mass is 477 g/mol. The number of carbonyl (C=O) groups is 1. The summed E-state index contributed by atoms with van der Waals surface area (Å²) in [5.41, 5.74) is 1.63. The number of hydrogen-bond donors (Lipinski definition) is 2. The lowest BCUT2D eigenvalue weighted by atomic mass is 10.2. The molecule has 0 saturated carbocycles. The van der Waals surface area contributed by atoms with Crippen molar-refractivity contribution in [2.24, 2.45) is 12.2 Å². The van der Waals surface area contributed by atoms with E-state index in [9.17, 15) is 21.6 Å². The highest BCUT2D eigenvalue weighted by molar-refractivity contribution is 7.92. The molecule has 0 spiro atoms. The summed E-state index contributed by atoms with van der Waals surface area (Å²) in [6.07, 6.45) is 1.29. The van der Waals surface area contributed by atoms with E-state index < -0.39 is 26.0 Å². The summed E-state index contributed by atoms with van der Waals surface area (Å²) in [6, 6.07) is 12.1. The van der Waals surface area contributed by atoms with Crippen LogP contribution in [0.1, 0.15) is 21.5 Å². The first kappa shape index (κ1) is 23.4. The number of hydrogen-bond acceptors (Lipinski definition) is 6. The Morgan fingerprint density at radius 2 is 1.59 bits per heavy atom. The molecule has 32 heavy (non-hydrogen) atoms. The average Bonchev–Trinajstić information content (AvgIpc) is 3.12. The van der Waals surface area contributed by atoms with E-state index in [4.69, 9.17) is 5.14 Å². The van der Waals surface area contributed by atoms with Crippen LogP contribution in [0.4, 0.5) is 5.82 Å². The summed E-state index contributed by atoms with van der Waals surface area (Å²) in [4.78, 5) is 12.8. The molecule has 0 bridgehead atoms. The first-order valence-electron chi connectivity index (χ1n) is 9.39. The van der Waals surface area contributed by atoms with Gasteiger partial charge in [0.15, 0.2) is 5.82 Å². The normalized spacial score (nSPS) is 11.9. The molecule has 0 radical (unpaired) electrons. The maximum absolute atomic E-state index is 13.1. The molecule has 3 aromatic rings. The van der Waals surface area contributed by atoms with Crippen LogP contribution >= 0.6 is 0 Å². The number of nitrogens with two attached hydrogens (primary N) is 1. The first-order chi connectivity index (χ1) is 14.9. The van der Waals surface area contributed by atoms with Gasteiger partial charge in [0.1, 0.15) is 5.56 Å². The Morgan fingerprint density at radius 3 is 2.16 bits per heavy atom. The van der Waals surface area contributed by atoms with Gasteiger partial charge < -0.3 is 5.32 Å². The van der Waals surface area contributed by atoms with E-state index >= 15 is 0 Å². The molecule has 1 heterocycles. The number of primary sulfonamides is 1. The Kier molecular flexibility index (Phi) is 6.39. The van der Waals surface area contributed by atoms with Gasteiger partial charge in [-0.05, 0) is 36.8 Å². The molecule has 1 amide bonds. The number of anilines is 1. The topological polar surface area (TPSA) is 144 Å². The predicted octanol–water partition coefficient (Wildman–Crippen LogP) is 1.13. The lowest BCUT2D eigenvalue weighted by Gasteiger charge is -2.21. The highest BCUT2D eigenvalue weighted by Crippen LogP contribution is 2.25. The number of rotatable bonds is 7. The third-order valence-corrected chi connectivity index (χ3v) is 7.53. The van der Waals surface area contributed by atoms with Gasteiger partial charge in [-0.3, -0.25) is 13.8 Å². The lowest BCUT2D eigenvalue weighted by Crippen LogP contribution is -2.31. The smallest absolute Gasteiger partial charge is 0.265 e. The number of sulfonamides is 2. The molecular weight excluding hydrogens is 454 g/mol. The standard InChI is InChI=1S/C20H23N5O5S2/c1-14-4-8-17(9-5-14)32(29,30)25(3)20-18(13-23-24(20)2)19(26)22-12-15-6-10-16(11-7-15)31(21,27)28/h4-11,13H,12H2,1-3H3,(H,22,26)(H2,21,27,28). The van der Waals surface area contributed by atoms with Crippen LogP contribution in [0.15, 0.2) is 64.5 Å². The van der Waals surface area contributed by atoms with Crippen molar-refractivity contribution in [1.29, 1.82) is 0 Å². The zero-order valence-electron chi connectivity index (χ0n) is 17.7. The quantitative estimate of drug-likeness (QED) is 0.522. The molecule has 3 N–H and O–H groups in total. The number of benzene rings is 2. The van der Waals surface area contributed by atoms with E-state index in [1.807, 2.05) is 6.92 Å². The van der Waals surface area contributed by atoms with Crippen LogP contribution in [-0.4, -0.2) is 39.6 Å². The van der Waals surface area contributed by atoms with E-state index in [0.29, 0.717) is 5.56 Å². The summed E-state index contributed by atoms with van der Waals surface area (Å²) in [7, 11) is -4.83. The first-order valence-corrected chi connectivity index (χ1v) is 12.4.